The van der Waals surface area contributed by atoms with Gasteiger partial charge in [0.2, 0.25) is 5.91 Å². The minimum absolute atomic E-state index is 0.0247. The Morgan fingerprint density at radius 3 is 2.92 bits per heavy atom. The fourth-order valence-corrected chi connectivity index (χ4v) is 3.88. The first-order chi connectivity index (χ1) is 12.7. The number of benzene rings is 2. The quantitative estimate of drug-likeness (QED) is 0.751. The molecule has 1 atom stereocenters. The molecule has 0 aliphatic heterocycles. The maximum atomic E-state index is 12.7. The fraction of sp³-hybridized carbons (Fsp3) is 0.318. The van der Waals surface area contributed by atoms with Gasteiger partial charge in [-0.1, -0.05) is 24.3 Å². The van der Waals surface area contributed by atoms with Gasteiger partial charge >= 0.3 is 0 Å². The van der Waals surface area contributed by atoms with Crippen molar-refractivity contribution in [2.75, 3.05) is 7.11 Å². The summed E-state index contributed by atoms with van der Waals surface area (Å²) in [5, 5.41) is 4.31. The molecule has 26 heavy (non-hydrogen) atoms. The van der Waals surface area contributed by atoms with Crippen molar-refractivity contribution in [1.29, 1.82) is 0 Å². The summed E-state index contributed by atoms with van der Waals surface area (Å²) < 4.78 is 5.36. The van der Waals surface area contributed by atoms with Crippen LogP contribution in [0.2, 0.25) is 0 Å². The highest BCUT2D eigenvalue weighted by atomic mass is 16.5. The first kappa shape index (κ1) is 16.7. The maximum Gasteiger partial charge on any atom is 0.223 e. The summed E-state index contributed by atoms with van der Waals surface area (Å²) in [6.07, 6.45) is 2.58. The van der Waals surface area contributed by atoms with Gasteiger partial charge in [-0.3, -0.25) is 4.79 Å². The molecule has 0 bridgehead atoms. The third kappa shape index (κ3) is 3.07. The van der Waals surface area contributed by atoms with Gasteiger partial charge in [-0.25, -0.2) is 0 Å². The van der Waals surface area contributed by atoms with Gasteiger partial charge in [-0.05, 0) is 61.1 Å². The number of hydrogen-bond acceptors (Lipinski definition) is 2. The lowest BCUT2D eigenvalue weighted by molar-refractivity contribution is -0.125. The second-order valence-electron chi connectivity index (χ2n) is 7.08. The first-order valence-corrected chi connectivity index (χ1v) is 9.15. The number of methoxy groups -OCH3 is 1. The highest BCUT2D eigenvalue weighted by Gasteiger charge is 2.27. The normalized spacial score (nSPS) is 16.3. The van der Waals surface area contributed by atoms with E-state index < -0.39 is 0 Å². The number of carbonyl (C=O) groups is 1. The Kier molecular flexibility index (Phi) is 4.41. The predicted octanol–water partition coefficient (Wildman–Crippen LogP) is 3.91. The predicted molar refractivity (Wildman–Crippen MR) is 103 cm³/mol. The van der Waals surface area contributed by atoms with Crippen LogP contribution in [0.1, 0.15) is 28.8 Å². The zero-order chi connectivity index (χ0) is 18.1. The third-order valence-electron chi connectivity index (χ3n) is 5.48. The van der Waals surface area contributed by atoms with Crippen LogP contribution in [0, 0.1) is 12.8 Å². The molecule has 1 aliphatic carbocycles. The van der Waals surface area contributed by atoms with Crippen molar-refractivity contribution in [2.45, 2.75) is 32.7 Å². The average molecular weight is 348 g/mol. The highest BCUT2D eigenvalue weighted by molar-refractivity contribution is 5.88. The number of aromatic nitrogens is 1. The Labute approximate surface area is 153 Å². The zero-order valence-electron chi connectivity index (χ0n) is 15.3. The summed E-state index contributed by atoms with van der Waals surface area (Å²) in [6, 6.07) is 14.3. The molecule has 134 valence electrons. The van der Waals surface area contributed by atoms with Crippen LogP contribution in [-0.2, 0) is 24.2 Å². The summed E-state index contributed by atoms with van der Waals surface area (Å²) in [7, 11) is 1.68. The number of amides is 1. The van der Waals surface area contributed by atoms with E-state index in [1.54, 1.807) is 7.11 Å². The van der Waals surface area contributed by atoms with E-state index in [1.165, 1.54) is 27.8 Å². The molecule has 1 amide bonds. The number of ether oxygens (including phenoxy) is 1. The molecule has 0 saturated heterocycles. The monoisotopic (exact) mass is 348 g/mol. The standard InChI is InChI=1S/C22H24N2O2/c1-14-5-3-4-6-16(14)13-23-22(25)15-7-9-20-18(11-15)19-12-17(26-2)8-10-21(19)24-20/h3-6,8,10,12,15,24H,7,9,11,13H2,1-2H3,(H,23,25). The van der Waals surface area contributed by atoms with Gasteiger partial charge < -0.3 is 15.0 Å². The SMILES string of the molecule is COc1ccc2[nH]c3c(c2c1)CC(C(=O)NCc1ccccc1C)CC3. The minimum atomic E-state index is 0.0247. The van der Waals surface area contributed by atoms with E-state index in [-0.39, 0.29) is 11.8 Å². The molecule has 0 radical (unpaired) electrons. The molecule has 0 spiro atoms. The lowest BCUT2D eigenvalue weighted by Gasteiger charge is -2.22. The van der Waals surface area contributed by atoms with Crippen LogP contribution in [0.3, 0.4) is 0 Å². The Bertz CT molecular complexity index is 958. The summed E-state index contributed by atoms with van der Waals surface area (Å²) in [6.45, 7) is 2.67. The van der Waals surface area contributed by atoms with Gasteiger partial charge in [0.1, 0.15) is 5.75 Å². The molecule has 1 aliphatic rings. The van der Waals surface area contributed by atoms with Crippen LogP contribution < -0.4 is 10.1 Å². The molecule has 3 aromatic rings. The van der Waals surface area contributed by atoms with Crippen molar-refractivity contribution in [3.8, 4) is 5.75 Å². The molecule has 2 aromatic carbocycles. The molecule has 0 saturated carbocycles. The van der Waals surface area contributed by atoms with Gasteiger partial charge in [0, 0.05) is 29.1 Å². The lowest BCUT2D eigenvalue weighted by Crippen LogP contribution is -2.33. The number of hydrogen-bond donors (Lipinski definition) is 2. The van der Waals surface area contributed by atoms with E-state index in [1.807, 2.05) is 18.2 Å². The number of aromatic amines is 1. The van der Waals surface area contributed by atoms with Crippen LogP contribution in [-0.4, -0.2) is 18.0 Å². The number of nitrogens with one attached hydrogen (secondary N) is 2. The first-order valence-electron chi connectivity index (χ1n) is 9.15. The Morgan fingerprint density at radius 2 is 2.12 bits per heavy atom. The highest BCUT2D eigenvalue weighted by Crippen LogP contribution is 2.33. The van der Waals surface area contributed by atoms with Crippen LogP contribution >= 0.6 is 0 Å². The fourth-order valence-electron chi connectivity index (χ4n) is 3.88. The maximum absolute atomic E-state index is 12.7. The molecular weight excluding hydrogens is 324 g/mol. The zero-order valence-corrected chi connectivity index (χ0v) is 15.3. The van der Waals surface area contributed by atoms with Gasteiger partial charge in [0.05, 0.1) is 7.11 Å². The van der Waals surface area contributed by atoms with Crippen molar-refractivity contribution in [3.63, 3.8) is 0 Å². The topological polar surface area (TPSA) is 54.1 Å². The number of rotatable bonds is 4. The van der Waals surface area contributed by atoms with Crippen molar-refractivity contribution in [1.82, 2.24) is 10.3 Å². The molecule has 4 rings (SSSR count). The molecule has 4 heteroatoms. The van der Waals surface area contributed by atoms with Crippen LogP contribution in [0.15, 0.2) is 42.5 Å². The number of H-pyrrole nitrogens is 1. The van der Waals surface area contributed by atoms with Gasteiger partial charge in [-0.15, -0.1) is 0 Å². The van der Waals surface area contributed by atoms with Crippen molar-refractivity contribution < 1.29 is 9.53 Å². The van der Waals surface area contributed by atoms with Crippen molar-refractivity contribution >= 4 is 16.8 Å². The van der Waals surface area contributed by atoms with Gasteiger partial charge in [-0.2, -0.15) is 0 Å². The smallest absolute Gasteiger partial charge is 0.223 e. The molecule has 1 unspecified atom stereocenters. The molecular formula is C22H24N2O2. The van der Waals surface area contributed by atoms with E-state index in [0.29, 0.717) is 6.54 Å². The van der Waals surface area contributed by atoms with Gasteiger partial charge in [0.15, 0.2) is 0 Å². The third-order valence-corrected chi connectivity index (χ3v) is 5.48. The van der Waals surface area contributed by atoms with Crippen molar-refractivity contribution in [3.05, 3.63) is 64.8 Å². The van der Waals surface area contributed by atoms with Crippen molar-refractivity contribution in [2.24, 2.45) is 5.92 Å². The Morgan fingerprint density at radius 1 is 1.27 bits per heavy atom. The van der Waals surface area contributed by atoms with E-state index in [2.05, 4.69) is 41.5 Å². The summed E-state index contributed by atoms with van der Waals surface area (Å²) >= 11 is 0. The Hall–Kier alpha value is -2.75. The van der Waals surface area contributed by atoms with E-state index in [9.17, 15) is 4.79 Å². The van der Waals surface area contributed by atoms with Crippen LogP contribution in [0.5, 0.6) is 5.75 Å². The minimum Gasteiger partial charge on any atom is -0.497 e. The lowest BCUT2D eigenvalue weighted by atomic mass is 9.85. The Balaban J connectivity index is 1.50. The van der Waals surface area contributed by atoms with Crippen LogP contribution in [0.25, 0.3) is 10.9 Å². The van der Waals surface area contributed by atoms with Crippen LogP contribution in [0.4, 0.5) is 0 Å². The summed E-state index contributed by atoms with van der Waals surface area (Å²) in [5.74, 6) is 1.03. The van der Waals surface area contributed by atoms with E-state index >= 15 is 0 Å². The van der Waals surface area contributed by atoms with Gasteiger partial charge in [0.25, 0.3) is 0 Å². The molecule has 2 N–H and O–H groups in total. The summed E-state index contributed by atoms with van der Waals surface area (Å²) in [5.41, 5.74) is 6.03. The summed E-state index contributed by atoms with van der Waals surface area (Å²) in [4.78, 5) is 16.2. The molecule has 4 nitrogen and oxygen atoms in total. The second-order valence-corrected chi connectivity index (χ2v) is 7.08. The van der Waals surface area contributed by atoms with E-state index in [4.69, 9.17) is 4.74 Å². The number of carbonyl (C=O) groups excluding carboxylic acids is 1. The molecule has 1 aromatic heterocycles. The second kappa shape index (κ2) is 6.87. The molecule has 0 fully saturated rings. The molecule has 1 heterocycles. The number of aryl methyl sites for hydroxylation is 2. The average Bonchev–Trinajstić information content (AvgIpc) is 3.04. The number of fused-ring (bicyclic) bond motifs is 3. The largest absolute Gasteiger partial charge is 0.497 e. The van der Waals surface area contributed by atoms with E-state index in [0.717, 1.165) is 30.5 Å².